The van der Waals surface area contributed by atoms with Gasteiger partial charge in [0.05, 0.1) is 37.0 Å². The second-order valence-electron chi connectivity index (χ2n) is 9.51. The van der Waals surface area contributed by atoms with Crippen molar-refractivity contribution in [3.63, 3.8) is 0 Å². The first-order chi connectivity index (χ1) is 20.8. The van der Waals surface area contributed by atoms with Gasteiger partial charge in [-0.15, -0.1) is 5.06 Å². The van der Waals surface area contributed by atoms with Crippen LogP contribution in [0.1, 0.15) is 35.8 Å². The first-order valence-electron chi connectivity index (χ1n) is 13.6. The molecule has 2 aromatic carbocycles. The Morgan fingerprint density at radius 2 is 1.72 bits per heavy atom. The highest BCUT2D eigenvalue weighted by Crippen LogP contribution is 2.23. The zero-order valence-corrected chi connectivity index (χ0v) is 23.4. The highest BCUT2D eigenvalue weighted by molar-refractivity contribution is 5.97. The lowest BCUT2D eigenvalue weighted by atomic mass is 10.1. The zero-order valence-electron chi connectivity index (χ0n) is 23.4. The van der Waals surface area contributed by atoms with Crippen LogP contribution in [0, 0.1) is 11.3 Å². The van der Waals surface area contributed by atoms with E-state index in [1.807, 2.05) is 6.07 Å². The third-order valence-electron chi connectivity index (χ3n) is 6.54. The van der Waals surface area contributed by atoms with Gasteiger partial charge < -0.3 is 24.9 Å². The largest absolute Gasteiger partial charge is 0.527 e. The molecule has 0 bridgehead atoms. The molecule has 2 N–H and O–H groups in total. The predicted molar refractivity (Wildman–Crippen MR) is 152 cm³/mol. The van der Waals surface area contributed by atoms with Gasteiger partial charge in [0.2, 0.25) is 5.91 Å². The summed E-state index contributed by atoms with van der Waals surface area (Å²) in [5, 5.41) is 22.7. The van der Waals surface area contributed by atoms with Crippen LogP contribution < -0.4 is 5.32 Å². The summed E-state index contributed by atoms with van der Waals surface area (Å²) in [6, 6.07) is 18.2. The Hall–Kier alpha value is -5.35. The summed E-state index contributed by atoms with van der Waals surface area (Å²) in [6.07, 6.45) is -1.34. The molecule has 13 nitrogen and oxygen atoms in total. The van der Waals surface area contributed by atoms with Gasteiger partial charge in [-0.05, 0) is 31.5 Å². The van der Waals surface area contributed by atoms with Crippen LogP contribution in [0.5, 0.6) is 0 Å². The molecule has 13 heteroatoms. The van der Waals surface area contributed by atoms with Crippen molar-refractivity contribution in [2.75, 3.05) is 32.8 Å². The number of amides is 2. The van der Waals surface area contributed by atoms with Crippen LogP contribution in [-0.2, 0) is 19.2 Å². The number of nitrogens with one attached hydrogen (secondary N) is 1. The average molecular weight is 587 g/mol. The minimum absolute atomic E-state index is 0.0352. The van der Waals surface area contributed by atoms with E-state index in [2.05, 4.69) is 21.4 Å². The summed E-state index contributed by atoms with van der Waals surface area (Å²) >= 11 is 0. The van der Waals surface area contributed by atoms with E-state index in [0.29, 0.717) is 22.4 Å². The van der Waals surface area contributed by atoms with E-state index in [1.54, 1.807) is 55.5 Å². The Morgan fingerprint density at radius 3 is 2.40 bits per heavy atom. The van der Waals surface area contributed by atoms with E-state index in [9.17, 15) is 29.5 Å². The number of carboxylic acids is 1. The summed E-state index contributed by atoms with van der Waals surface area (Å²) in [5.41, 5.74) is 2.01. The first-order valence-corrected chi connectivity index (χ1v) is 13.6. The number of hydrogen-bond donors (Lipinski definition) is 2. The topological polar surface area (TPSA) is 175 Å². The Labute approximate surface area is 247 Å². The van der Waals surface area contributed by atoms with E-state index in [4.69, 9.17) is 9.57 Å². The SMILES string of the molecule is CCOC(=O)ON1CCN(C(=O)[C@H](CCC(=O)O)NC(=O)c2cc(-c3cccc(C#N)c3)nc(-c3ccccc3)n2)CC1. The van der Waals surface area contributed by atoms with E-state index >= 15 is 0 Å². The zero-order chi connectivity index (χ0) is 30.8. The van der Waals surface area contributed by atoms with Crippen molar-refractivity contribution in [1.29, 1.82) is 5.26 Å². The van der Waals surface area contributed by atoms with Crippen molar-refractivity contribution in [2.24, 2.45) is 0 Å². The molecule has 0 spiro atoms. The van der Waals surface area contributed by atoms with Gasteiger partial charge in [-0.2, -0.15) is 5.26 Å². The Morgan fingerprint density at radius 1 is 1.00 bits per heavy atom. The Bertz CT molecular complexity index is 1520. The van der Waals surface area contributed by atoms with Crippen molar-refractivity contribution in [1.82, 2.24) is 25.2 Å². The molecular formula is C30H30N6O7. The van der Waals surface area contributed by atoms with Crippen LogP contribution in [0.25, 0.3) is 22.6 Å². The van der Waals surface area contributed by atoms with E-state index in [1.165, 1.54) is 16.0 Å². The number of nitriles is 1. The number of hydroxylamine groups is 2. The molecule has 1 aliphatic rings. The average Bonchev–Trinajstić information content (AvgIpc) is 3.03. The number of aromatic nitrogens is 2. The second kappa shape index (κ2) is 14.5. The number of rotatable bonds is 10. The van der Waals surface area contributed by atoms with Crippen molar-refractivity contribution in [3.8, 4) is 28.7 Å². The van der Waals surface area contributed by atoms with Crippen LogP contribution in [0.3, 0.4) is 0 Å². The van der Waals surface area contributed by atoms with Crippen molar-refractivity contribution in [3.05, 3.63) is 71.9 Å². The highest BCUT2D eigenvalue weighted by Gasteiger charge is 2.31. The van der Waals surface area contributed by atoms with E-state index in [-0.39, 0.29) is 57.1 Å². The molecule has 43 heavy (non-hydrogen) atoms. The number of benzene rings is 2. The van der Waals surface area contributed by atoms with Crippen LogP contribution in [0.4, 0.5) is 4.79 Å². The Kier molecular flexibility index (Phi) is 10.3. The molecule has 4 rings (SSSR count). The molecule has 1 aliphatic heterocycles. The maximum Gasteiger partial charge on any atom is 0.527 e. The molecule has 1 aromatic heterocycles. The van der Waals surface area contributed by atoms with Gasteiger partial charge in [0, 0.05) is 30.6 Å². The molecule has 0 aliphatic carbocycles. The lowest BCUT2D eigenvalue weighted by molar-refractivity contribution is -0.157. The minimum atomic E-state index is -1.15. The molecule has 3 aromatic rings. The van der Waals surface area contributed by atoms with Gasteiger partial charge >= 0.3 is 12.1 Å². The molecule has 2 heterocycles. The summed E-state index contributed by atoms with van der Waals surface area (Å²) in [5.74, 6) is -2.01. The number of carboxylic acid groups (broad SMARTS) is 1. The number of piperazine rings is 1. The van der Waals surface area contributed by atoms with Crippen molar-refractivity contribution in [2.45, 2.75) is 25.8 Å². The molecule has 0 radical (unpaired) electrons. The molecule has 222 valence electrons. The maximum absolute atomic E-state index is 13.6. The molecule has 1 saturated heterocycles. The quantitative estimate of drug-likeness (QED) is 0.334. The number of carbonyl (C=O) groups is 4. The molecule has 1 atom stereocenters. The van der Waals surface area contributed by atoms with Gasteiger partial charge in [0.1, 0.15) is 11.7 Å². The van der Waals surface area contributed by atoms with Gasteiger partial charge in [-0.25, -0.2) is 14.8 Å². The van der Waals surface area contributed by atoms with Crippen LogP contribution >= 0.6 is 0 Å². The Balaban J connectivity index is 1.57. The molecule has 2 amide bonds. The fourth-order valence-electron chi connectivity index (χ4n) is 4.40. The predicted octanol–water partition coefficient (Wildman–Crippen LogP) is 2.88. The second-order valence-corrected chi connectivity index (χ2v) is 9.51. The summed E-state index contributed by atoms with van der Waals surface area (Å²) in [4.78, 5) is 65.6. The summed E-state index contributed by atoms with van der Waals surface area (Å²) in [6.45, 7) is 2.60. The lowest BCUT2D eigenvalue weighted by Gasteiger charge is -2.35. The van der Waals surface area contributed by atoms with Crippen LogP contribution in [0.2, 0.25) is 0 Å². The number of nitrogens with zero attached hydrogens (tertiary/aromatic N) is 5. The number of hydrogen-bond acceptors (Lipinski definition) is 10. The summed E-state index contributed by atoms with van der Waals surface area (Å²) < 4.78 is 4.77. The van der Waals surface area contributed by atoms with Crippen molar-refractivity contribution >= 4 is 23.9 Å². The first kappa shape index (κ1) is 30.6. The molecule has 0 unspecified atom stereocenters. The standard InChI is InChI=1S/C30H30N6O7/c1-2-42-30(41)43-36-15-13-35(14-16-36)29(40)23(11-12-26(37)38)34-28(39)25-18-24(22-10-6-7-20(17-22)19-31)32-27(33-25)21-8-4-3-5-9-21/h3-10,17-18,23H,2,11-16H2,1H3,(H,34,39)(H,37,38)/t23-/m0/s1. The van der Waals surface area contributed by atoms with E-state index in [0.717, 1.165) is 0 Å². The van der Waals surface area contributed by atoms with Gasteiger partial charge in [0.15, 0.2) is 5.82 Å². The molecule has 1 fully saturated rings. The van der Waals surface area contributed by atoms with Gasteiger partial charge in [-0.1, -0.05) is 42.5 Å². The normalized spacial score (nSPS) is 13.8. The monoisotopic (exact) mass is 586 g/mol. The molecular weight excluding hydrogens is 556 g/mol. The minimum Gasteiger partial charge on any atom is -0.481 e. The third kappa shape index (κ3) is 8.34. The van der Waals surface area contributed by atoms with Gasteiger partial charge in [-0.3, -0.25) is 14.4 Å². The van der Waals surface area contributed by atoms with Crippen LogP contribution in [-0.4, -0.2) is 87.8 Å². The summed E-state index contributed by atoms with van der Waals surface area (Å²) in [7, 11) is 0. The van der Waals surface area contributed by atoms with E-state index < -0.39 is 30.0 Å². The third-order valence-corrected chi connectivity index (χ3v) is 6.54. The number of aliphatic carboxylic acids is 1. The van der Waals surface area contributed by atoms with Crippen LogP contribution in [0.15, 0.2) is 60.7 Å². The fraction of sp³-hybridized carbons (Fsp3) is 0.300. The number of carbonyl (C=O) groups excluding carboxylic acids is 3. The fourth-order valence-corrected chi connectivity index (χ4v) is 4.40. The lowest BCUT2D eigenvalue weighted by Crippen LogP contribution is -2.55. The molecule has 0 saturated carbocycles. The van der Waals surface area contributed by atoms with Crippen molar-refractivity contribution < 1.29 is 33.9 Å². The maximum atomic E-state index is 13.6. The van der Waals surface area contributed by atoms with Gasteiger partial charge in [0.25, 0.3) is 5.91 Å². The number of ether oxygens (including phenoxy) is 1. The highest BCUT2D eigenvalue weighted by atomic mass is 16.8. The smallest absolute Gasteiger partial charge is 0.481 e.